The molecule has 2 N–H and O–H groups in total. The minimum absolute atomic E-state index is 0.0759. The van der Waals surface area contributed by atoms with Crippen molar-refractivity contribution in [2.75, 3.05) is 26.2 Å². The maximum atomic E-state index is 12.0. The first kappa shape index (κ1) is 26.3. The lowest BCUT2D eigenvalue weighted by molar-refractivity contribution is -0.116. The maximum absolute atomic E-state index is 12.0. The van der Waals surface area contributed by atoms with E-state index in [0.717, 1.165) is 50.9 Å². The summed E-state index contributed by atoms with van der Waals surface area (Å²) in [5.41, 5.74) is 3.71. The van der Waals surface area contributed by atoms with Crippen LogP contribution in [0.3, 0.4) is 0 Å². The topological polar surface area (TPSA) is 82.5 Å². The van der Waals surface area contributed by atoms with Crippen molar-refractivity contribution in [1.29, 1.82) is 0 Å². The van der Waals surface area contributed by atoms with Crippen LogP contribution in [0.4, 0.5) is 0 Å². The van der Waals surface area contributed by atoms with Gasteiger partial charge in [0.15, 0.2) is 0 Å². The highest BCUT2D eigenvalue weighted by atomic mass is 16.4. The molecule has 2 heterocycles. The Bertz CT molecular complexity index is 1160. The third-order valence-corrected chi connectivity index (χ3v) is 7.09. The summed E-state index contributed by atoms with van der Waals surface area (Å²) < 4.78 is 0. The number of carboxylic acid groups (broad SMARTS) is 1. The van der Waals surface area contributed by atoms with Gasteiger partial charge in [-0.15, -0.1) is 0 Å². The summed E-state index contributed by atoms with van der Waals surface area (Å²) >= 11 is 0. The monoisotopic (exact) mass is 497 g/mol. The summed E-state index contributed by atoms with van der Waals surface area (Å²) in [5, 5.41) is 12.2. The fourth-order valence-corrected chi connectivity index (χ4v) is 5.12. The number of rotatable bonds is 11. The zero-order valence-corrected chi connectivity index (χ0v) is 21.1. The first-order chi connectivity index (χ1) is 18.1. The molecule has 6 nitrogen and oxygen atoms in total. The Kier molecular flexibility index (Phi) is 9.60. The Morgan fingerprint density at radius 1 is 0.973 bits per heavy atom. The molecule has 0 saturated carbocycles. The molecule has 1 aromatic heterocycles. The number of unbranched alkanes of at least 4 members (excludes halogenated alkanes) is 1. The predicted molar refractivity (Wildman–Crippen MR) is 146 cm³/mol. The molecule has 1 saturated heterocycles. The van der Waals surface area contributed by atoms with Crippen LogP contribution >= 0.6 is 0 Å². The second-order valence-electron chi connectivity index (χ2n) is 9.61. The number of carbonyl (C=O) groups is 2. The molecule has 2 aromatic carbocycles. The highest BCUT2D eigenvalue weighted by molar-refractivity contribution is 5.91. The van der Waals surface area contributed by atoms with Gasteiger partial charge in [0.1, 0.15) is 0 Å². The van der Waals surface area contributed by atoms with Crippen LogP contribution < -0.4 is 5.32 Å². The number of pyridine rings is 1. The van der Waals surface area contributed by atoms with Crippen molar-refractivity contribution >= 4 is 18.0 Å². The van der Waals surface area contributed by atoms with Crippen molar-refractivity contribution in [3.63, 3.8) is 0 Å². The maximum Gasteiger partial charge on any atom is 0.335 e. The average Bonchev–Trinajstić information content (AvgIpc) is 2.94. The molecule has 3 aromatic rings. The number of carbonyl (C=O) groups excluding carboxylic acids is 1. The molecule has 0 aliphatic carbocycles. The van der Waals surface area contributed by atoms with Gasteiger partial charge in [-0.1, -0.05) is 48.5 Å². The molecule has 0 radical (unpaired) electrons. The highest BCUT2D eigenvalue weighted by Gasteiger charge is 2.28. The Balaban J connectivity index is 1.22. The van der Waals surface area contributed by atoms with Gasteiger partial charge in [-0.2, -0.15) is 0 Å². The molecule has 1 aliphatic rings. The van der Waals surface area contributed by atoms with E-state index in [9.17, 15) is 14.7 Å². The van der Waals surface area contributed by atoms with Crippen molar-refractivity contribution in [3.8, 4) is 0 Å². The lowest BCUT2D eigenvalue weighted by Crippen LogP contribution is -2.36. The number of hydrogen-bond acceptors (Lipinski definition) is 4. The standard InChI is InChI=1S/C31H35N3O3/c35-29(15-10-24-7-6-18-32-23-24)33-19-4-5-20-34-21-16-27(17-22-34)30(25-8-2-1-3-9-25)26-11-13-28(14-12-26)31(36)37/h1-3,6-15,18,23,27,30H,4-5,16-17,19-22H2,(H,33,35)(H,36,37). The van der Waals surface area contributed by atoms with Crippen molar-refractivity contribution in [2.24, 2.45) is 5.92 Å². The number of nitrogens with zero attached hydrogens (tertiary/aromatic N) is 2. The van der Waals surface area contributed by atoms with E-state index in [0.29, 0.717) is 18.0 Å². The number of hydrogen-bond donors (Lipinski definition) is 2. The van der Waals surface area contributed by atoms with Crippen molar-refractivity contribution < 1.29 is 14.7 Å². The van der Waals surface area contributed by atoms with E-state index in [2.05, 4.69) is 39.5 Å². The number of carboxylic acids is 1. The van der Waals surface area contributed by atoms with Crippen LogP contribution in [-0.2, 0) is 4.79 Å². The molecule has 0 bridgehead atoms. The fraction of sp³-hybridized carbons (Fsp3) is 0.323. The van der Waals surface area contributed by atoms with Crippen LogP contribution in [0.5, 0.6) is 0 Å². The first-order valence-electron chi connectivity index (χ1n) is 13.1. The van der Waals surface area contributed by atoms with Crippen LogP contribution in [0.25, 0.3) is 6.08 Å². The molecule has 1 aliphatic heterocycles. The van der Waals surface area contributed by atoms with E-state index >= 15 is 0 Å². The Labute approximate surface area is 219 Å². The zero-order chi connectivity index (χ0) is 25.9. The van der Waals surface area contributed by atoms with Crippen LogP contribution in [0, 0.1) is 5.92 Å². The Morgan fingerprint density at radius 3 is 2.38 bits per heavy atom. The Hall–Kier alpha value is -3.77. The lowest BCUT2D eigenvalue weighted by Gasteiger charge is -2.36. The van der Waals surface area contributed by atoms with Gasteiger partial charge in [-0.25, -0.2) is 4.79 Å². The number of nitrogens with one attached hydrogen (secondary N) is 1. The van der Waals surface area contributed by atoms with E-state index in [1.165, 1.54) is 11.1 Å². The van der Waals surface area contributed by atoms with Gasteiger partial charge in [0.25, 0.3) is 0 Å². The lowest BCUT2D eigenvalue weighted by atomic mass is 9.76. The molecule has 192 valence electrons. The van der Waals surface area contributed by atoms with E-state index in [-0.39, 0.29) is 11.8 Å². The second kappa shape index (κ2) is 13.5. The van der Waals surface area contributed by atoms with Gasteiger partial charge < -0.3 is 15.3 Å². The molecular formula is C31H35N3O3. The van der Waals surface area contributed by atoms with Crippen molar-refractivity contribution in [1.82, 2.24) is 15.2 Å². The number of benzene rings is 2. The summed E-state index contributed by atoms with van der Waals surface area (Å²) in [6.07, 6.45) is 11.0. The number of likely N-dealkylation sites (tertiary alicyclic amines) is 1. The summed E-state index contributed by atoms with van der Waals surface area (Å²) in [6, 6.07) is 21.7. The van der Waals surface area contributed by atoms with Crippen LogP contribution in [0.15, 0.2) is 85.2 Å². The van der Waals surface area contributed by atoms with Crippen LogP contribution in [0.2, 0.25) is 0 Å². The second-order valence-corrected chi connectivity index (χ2v) is 9.61. The van der Waals surface area contributed by atoms with Gasteiger partial charge in [-0.05, 0) is 92.2 Å². The summed E-state index contributed by atoms with van der Waals surface area (Å²) in [7, 11) is 0. The molecule has 1 amide bonds. The molecule has 6 heteroatoms. The zero-order valence-electron chi connectivity index (χ0n) is 21.1. The summed E-state index contributed by atoms with van der Waals surface area (Å²) in [5.74, 6) is -0.189. The SMILES string of the molecule is O=C(C=Cc1cccnc1)NCCCCN1CCC(C(c2ccccc2)c2ccc(C(=O)O)cc2)CC1. The largest absolute Gasteiger partial charge is 0.478 e. The molecular weight excluding hydrogens is 462 g/mol. The van der Waals surface area contributed by atoms with E-state index in [1.807, 2.05) is 30.3 Å². The Morgan fingerprint density at radius 2 is 1.70 bits per heavy atom. The van der Waals surface area contributed by atoms with Crippen LogP contribution in [-0.4, -0.2) is 53.0 Å². The van der Waals surface area contributed by atoms with Gasteiger partial charge in [0, 0.05) is 30.9 Å². The van der Waals surface area contributed by atoms with Gasteiger partial charge in [-0.3, -0.25) is 9.78 Å². The smallest absolute Gasteiger partial charge is 0.335 e. The van der Waals surface area contributed by atoms with Gasteiger partial charge >= 0.3 is 5.97 Å². The van der Waals surface area contributed by atoms with E-state index in [4.69, 9.17) is 0 Å². The summed E-state index contributed by atoms with van der Waals surface area (Å²) in [4.78, 5) is 29.9. The fourth-order valence-electron chi connectivity index (χ4n) is 5.12. The number of amides is 1. The summed E-state index contributed by atoms with van der Waals surface area (Å²) in [6.45, 7) is 3.83. The average molecular weight is 498 g/mol. The van der Waals surface area contributed by atoms with Gasteiger partial charge in [0.05, 0.1) is 5.56 Å². The van der Waals surface area contributed by atoms with Gasteiger partial charge in [0.2, 0.25) is 5.91 Å². The third kappa shape index (κ3) is 7.86. The molecule has 1 unspecified atom stereocenters. The number of piperidine rings is 1. The number of aromatic carboxylic acids is 1. The number of aromatic nitrogens is 1. The first-order valence-corrected chi connectivity index (χ1v) is 13.1. The minimum Gasteiger partial charge on any atom is -0.478 e. The third-order valence-electron chi connectivity index (χ3n) is 7.09. The molecule has 1 fully saturated rings. The van der Waals surface area contributed by atoms with E-state index in [1.54, 1.807) is 36.7 Å². The van der Waals surface area contributed by atoms with Crippen molar-refractivity contribution in [2.45, 2.75) is 31.6 Å². The molecule has 4 rings (SSSR count). The normalized spacial score (nSPS) is 15.5. The molecule has 1 atom stereocenters. The minimum atomic E-state index is -0.892. The highest BCUT2D eigenvalue weighted by Crippen LogP contribution is 2.38. The quantitative estimate of drug-likeness (QED) is 0.280. The van der Waals surface area contributed by atoms with Crippen LogP contribution in [0.1, 0.15) is 58.6 Å². The predicted octanol–water partition coefficient (Wildman–Crippen LogP) is 5.23. The molecule has 0 spiro atoms. The van der Waals surface area contributed by atoms with Crippen molar-refractivity contribution in [3.05, 3.63) is 107 Å². The van der Waals surface area contributed by atoms with E-state index < -0.39 is 5.97 Å². The molecule has 37 heavy (non-hydrogen) atoms.